The van der Waals surface area contributed by atoms with E-state index in [0.29, 0.717) is 0 Å². The lowest BCUT2D eigenvalue weighted by atomic mass is 9.63. The van der Waals surface area contributed by atoms with Crippen LogP contribution in [0.5, 0.6) is 0 Å². The SMILES string of the molecule is CN1C=CN(c2cccc(C3(c4ccccc4)c4cc(N5CN(C)c6ccccc65)ccc4-n4c5ccccc5c5cccc3c54)c2)C1. The van der Waals surface area contributed by atoms with Crippen LogP contribution in [0.3, 0.4) is 0 Å². The fourth-order valence-corrected chi connectivity index (χ4v) is 8.60. The molecule has 48 heavy (non-hydrogen) atoms. The third-order valence-corrected chi connectivity index (χ3v) is 10.7. The maximum absolute atomic E-state index is 2.52. The number of benzene rings is 6. The van der Waals surface area contributed by atoms with Crippen LogP contribution in [0.4, 0.5) is 22.7 Å². The predicted octanol–water partition coefficient (Wildman–Crippen LogP) is 9.21. The number of para-hydroxylation sites is 4. The lowest BCUT2D eigenvalue weighted by Crippen LogP contribution is -2.36. The fourth-order valence-electron chi connectivity index (χ4n) is 8.60. The summed E-state index contributed by atoms with van der Waals surface area (Å²) in [6, 6.07) is 52.1. The van der Waals surface area contributed by atoms with Crippen LogP contribution in [0.15, 0.2) is 152 Å². The number of aromatic nitrogens is 1. The Morgan fingerprint density at radius 3 is 2.12 bits per heavy atom. The highest BCUT2D eigenvalue weighted by Crippen LogP contribution is 2.55. The van der Waals surface area contributed by atoms with Gasteiger partial charge in [0.05, 0.1) is 46.8 Å². The second-order valence-corrected chi connectivity index (χ2v) is 13.3. The molecule has 232 valence electrons. The van der Waals surface area contributed by atoms with Crippen LogP contribution in [0.2, 0.25) is 0 Å². The molecule has 0 N–H and O–H groups in total. The molecule has 1 unspecified atom stereocenters. The first-order valence-corrected chi connectivity index (χ1v) is 16.7. The first-order valence-electron chi connectivity index (χ1n) is 16.7. The molecule has 10 rings (SSSR count). The minimum atomic E-state index is -0.576. The summed E-state index contributed by atoms with van der Waals surface area (Å²) >= 11 is 0. The standard InChI is InChI=1S/C43H35N5/c1-44-24-25-46(28-44)32-15-10-14-31(26-32)43(30-12-4-3-5-13-30)36-18-11-17-35-34-16-6-7-19-38(34)48(42(35)36)39-23-22-33(27-37(39)43)47-29-45(2)40-20-8-9-21-41(40)47/h3-27H,28-29H2,1-2H3. The molecule has 0 aliphatic carbocycles. The second-order valence-electron chi connectivity index (χ2n) is 13.3. The summed E-state index contributed by atoms with van der Waals surface area (Å²) in [5, 5.41) is 2.57. The second kappa shape index (κ2) is 10.0. The summed E-state index contributed by atoms with van der Waals surface area (Å²) in [5.41, 5.74) is 13.1. The Balaban J connectivity index is 1.34. The number of anilines is 4. The van der Waals surface area contributed by atoms with Crippen LogP contribution in [0.1, 0.15) is 22.3 Å². The van der Waals surface area contributed by atoms with Crippen LogP contribution in [0.25, 0.3) is 27.5 Å². The van der Waals surface area contributed by atoms with Crippen molar-refractivity contribution in [2.45, 2.75) is 5.41 Å². The van der Waals surface area contributed by atoms with Gasteiger partial charge in [-0.1, -0.05) is 91.0 Å². The molecule has 0 saturated carbocycles. The zero-order valence-electron chi connectivity index (χ0n) is 27.1. The molecule has 7 aromatic rings. The van der Waals surface area contributed by atoms with Gasteiger partial charge in [0, 0.05) is 48.6 Å². The first-order chi connectivity index (χ1) is 23.6. The van der Waals surface area contributed by atoms with E-state index in [2.05, 4.69) is 190 Å². The van der Waals surface area contributed by atoms with Crippen LogP contribution < -0.4 is 14.7 Å². The highest BCUT2D eigenvalue weighted by Gasteiger charge is 2.46. The van der Waals surface area contributed by atoms with Gasteiger partial charge in [-0.25, -0.2) is 0 Å². The van der Waals surface area contributed by atoms with Crippen molar-refractivity contribution in [1.29, 1.82) is 0 Å². The van der Waals surface area contributed by atoms with E-state index in [0.717, 1.165) is 13.3 Å². The summed E-state index contributed by atoms with van der Waals surface area (Å²) < 4.78 is 2.52. The van der Waals surface area contributed by atoms with Gasteiger partial charge in [-0.15, -0.1) is 0 Å². The van der Waals surface area contributed by atoms with E-state index in [4.69, 9.17) is 0 Å². The van der Waals surface area contributed by atoms with E-state index >= 15 is 0 Å². The molecule has 5 heteroatoms. The van der Waals surface area contributed by atoms with Crippen molar-refractivity contribution in [3.8, 4) is 5.69 Å². The molecule has 4 heterocycles. The molecule has 5 nitrogen and oxygen atoms in total. The van der Waals surface area contributed by atoms with E-state index in [1.54, 1.807) is 0 Å². The minimum absolute atomic E-state index is 0.576. The Morgan fingerprint density at radius 2 is 1.27 bits per heavy atom. The quantitative estimate of drug-likeness (QED) is 0.195. The van der Waals surface area contributed by atoms with Gasteiger partial charge in [0.25, 0.3) is 0 Å². The average Bonchev–Trinajstić information content (AvgIpc) is 3.83. The van der Waals surface area contributed by atoms with Gasteiger partial charge in [0.2, 0.25) is 0 Å². The van der Waals surface area contributed by atoms with Crippen LogP contribution in [0, 0.1) is 0 Å². The molecule has 6 aromatic carbocycles. The number of hydrogen-bond acceptors (Lipinski definition) is 4. The Bertz CT molecular complexity index is 2420. The van der Waals surface area contributed by atoms with E-state index < -0.39 is 5.41 Å². The van der Waals surface area contributed by atoms with E-state index in [9.17, 15) is 0 Å². The summed E-state index contributed by atoms with van der Waals surface area (Å²) in [6.45, 7) is 1.63. The highest BCUT2D eigenvalue weighted by molar-refractivity contribution is 6.12. The zero-order chi connectivity index (χ0) is 32.0. The Kier molecular flexibility index (Phi) is 5.68. The van der Waals surface area contributed by atoms with Gasteiger partial charge in [0.1, 0.15) is 0 Å². The van der Waals surface area contributed by atoms with Crippen molar-refractivity contribution in [1.82, 2.24) is 9.47 Å². The van der Waals surface area contributed by atoms with E-state index in [1.165, 1.54) is 72.5 Å². The summed E-state index contributed by atoms with van der Waals surface area (Å²) in [4.78, 5) is 9.33. The summed E-state index contributed by atoms with van der Waals surface area (Å²) in [6.07, 6.45) is 4.33. The molecule has 0 spiro atoms. The number of fused-ring (bicyclic) bond motifs is 6. The van der Waals surface area contributed by atoms with Crippen molar-refractivity contribution in [3.63, 3.8) is 0 Å². The van der Waals surface area contributed by atoms with Gasteiger partial charge < -0.3 is 24.2 Å². The summed E-state index contributed by atoms with van der Waals surface area (Å²) in [7, 11) is 4.30. The molecule has 0 bridgehead atoms. The molecule has 1 atom stereocenters. The maximum Gasteiger partial charge on any atom is 0.0950 e. The monoisotopic (exact) mass is 621 g/mol. The highest BCUT2D eigenvalue weighted by atomic mass is 15.4. The van der Waals surface area contributed by atoms with E-state index in [1.807, 2.05) is 0 Å². The third kappa shape index (κ3) is 3.61. The van der Waals surface area contributed by atoms with Crippen molar-refractivity contribution in [3.05, 3.63) is 174 Å². The number of rotatable bonds is 4. The van der Waals surface area contributed by atoms with Crippen molar-refractivity contribution < 1.29 is 0 Å². The third-order valence-electron chi connectivity index (χ3n) is 10.7. The first kappa shape index (κ1) is 27.2. The molecule has 0 amide bonds. The van der Waals surface area contributed by atoms with Crippen molar-refractivity contribution in [2.24, 2.45) is 0 Å². The molecular weight excluding hydrogens is 587 g/mol. The number of nitrogens with zero attached hydrogens (tertiary/aromatic N) is 5. The largest absolute Gasteiger partial charge is 0.361 e. The lowest BCUT2D eigenvalue weighted by Gasteiger charge is -2.42. The van der Waals surface area contributed by atoms with Gasteiger partial charge in [-0.3, -0.25) is 0 Å². The molecule has 3 aliphatic heterocycles. The van der Waals surface area contributed by atoms with E-state index in [-0.39, 0.29) is 0 Å². The predicted molar refractivity (Wildman–Crippen MR) is 199 cm³/mol. The van der Waals surface area contributed by atoms with Crippen molar-refractivity contribution >= 4 is 44.6 Å². The maximum atomic E-state index is 2.52. The summed E-state index contributed by atoms with van der Waals surface area (Å²) in [5.74, 6) is 0. The van der Waals surface area contributed by atoms with Crippen LogP contribution in [-0.2, 0) is 5.41 Å². The number of hydrogen-bond donors (Lipinski definition) is 0. The lowest BCUT2D eigenvalue weighted by molar-refractivity contribution is 0.495. The van der Waals surface area contributed by atoms with Gasteiger partial charge in [-0.2, -0.15) is 0 Å². The fraction of sp³-hybridized carbons (Fsp3) is 0.116. The Hall–Kier alpha value is -5.94. The molecule has 0 fully saturated rings. The molecule has 1 aromatic heterocycles. The smallest absolute Gasteiger partial charge is 0.0950 e. The molecular formula is C43H35N5. The minimum Gasteiger partial charge on any atom is -0.361 e. The topological polar surface area (TPSA) is 17.9 Å². The van der Waals surface area contributed by atoms with Crippen LogP contribution in [-0.4, -0.2) is 36.9 Å². The van der Waals surface area contributed by atoms with Crippen LogP contribution >= 0.6 is 0 Å². The molecule has 0 saturated heterocycles. The molecule has 3 aliphatic rings. The van der Waals surface area contributed by atoms with Gasteiger partial charge in [0.15, 0.2) is 0 Å². The Morgan fingerprint density at radius 1 is 0.521 bits per heavy atom. The zero-order valence-corrected chi connectivity index (χ0v) is 27.1. The Labute approximate surface area is 280 Å². The normalized spacial score (nSPS) is 17.9. The van der Waals surface area contributed by atoms with Crippen molar-refractivity contribution in [2.75, 3.05) is 42.1 Å². The van der Waals surface area contributed by atoms with Gasteiger partial charge >= 0.3 is 0 Å². The van der Waals surface area contributed by atoms with Gasteiger partial charge in [-0.05, 0) is 70.8 Å². The molecule has 0 radical (unpaired) electrons. The average molecular weight is 622 g/mol.